The van der Waals surface area contributed by atoms with Crippen molar-refractivity contribution in [3.05, 3.63) is 12.7 Å². The lowest BCUT2D eigenvalue weighted by Gasteiger charge is -2.22. The van der Waals surface area contributed by atoms with Gasteiger partial charge in [0.15, 0.2) is 5.96 Å². The topological polar surface area (TPSA) is 30.9 Å². The number of guanidine groups is 1. The van der Waals surface area contributed by atoms with Crippen LogP contribution in [0.3, 0.4) is 0 Å². The Balaban J connectivity index is 3.78. The number of allylic oxidation sites excluding steroid dienone is 1. The summed E-state index contributed by atoms with van der Waals surface area (Å²) < 4.78 is 0. The lowest BCUT2D eigenvalue weighted by molar-refractivity contribution is 0.396. The first kappa shape index (κ1) is 16.0. The third-order valence-electron chi connectivity index (χ3n) is 2.54. The third kappa shape index (κ3) is 8.74. The summed E-state index contributed by atoms with van der Waals surface area (Å²) in [5.74, 6) is 0.979. The van der Waals surface area contributed by atoms with E-state index in [4.69, 9.17) is 0 Å². The van der Waals surface area contributed by atoms with Crippen LogP contribution in [-0.2, 0) is 0 Å². The minimum atomic E-state index is 0.969. The van der Waals surface area contributed by atoms with Gasteiger partial charge in [0.2, 0.25) is 0 Å². The van der Waals surface area contributed by atoms with Crippen molar-refractivity contribution in [1.29, 1.82) is 0 Å². The molecule has 4 heteroatoms. The Kier molecular flexibility index (Phi) is 9.53. The smallest absolute Gasteiger partial charge is 0.193 e. The van der Waals surface area contributed by atoms with Gasteiger partial charge in [-0.15, -0.1) is 6.58 Å². The number of hydrogen-bond acceptors (Lipinski definition) is 2. The summed E-state index contributed by atoms with van der Waals surface area (Å²) >= 11 is 0. The Labute approximate surface area is 106 Å². The minimum absolute atomic E-state index is 0.969. The summed E-state index contributed by atoms with van der Waals surface area (Å²) in [5.41, 5.74) is 0. The van der Waals surface area contributed by atoms with E-state index in [1.165, 1.54) is 0 Å². The van der Waals surface area contributed by atoms with Crippen LogP contribution in [0.25, 0.3) is 0 Å². The largest absolute Gasteiger partial charge is 0.356 e. The number of nitrogens with one attached hydrogen (secondary N) is 1. The van der Waals surface area contributed by atoms with E-state index in [2.05, 4.69) is 47.8 Å². The molecule has 0 aromatic heterocycles. The third-order valence-corrected chi connectivity index (χ3v) is 2.54. The normalized spacial score (nSPS) is 11.7. The molecule has 0 radical (unpaired) electrons. The molecule has 0 aliphatic rings. The molecule has 0 saturated heterocycles. The molecule has 0 aliphatic carbocycles. The number of aliphatic imine (C=N–C) groups is 1. The first-order valence-electron chi connectivity index (χ1n) is 6.29. The van der Waals surface area contributed by atoms with Crippen molar-refractivity contribution in [1.82, 2.24) is 15.1 Å². The van der Waals surface area contributed by atoms with Crippen LogP contribution >= 0.6 is 0 Å². The van der Waals surface area contributed by atoms with E-state index in [0.717, 1.165) is 44.9 Å². The van der Waals surface area contributed by atoms with Crippen LogP contribution in [-0.4, -0.2) is 63.6 Å². The van der Waals surface area contributed by atoms with Gasteiger partial charge in [0, 0.05) is 27.2 Å². The second-order valence-corrected chi connectivity index (χ2v) is 4.48. The molecule has 0 heterocycles. The van der Waals surface area contributed by atoms with Crippen LogP contribution in [0.1, 0.15) is 19.3 Å². The maximum absolute atomic E-state index is 4.28. The van der Waals surface area contributed by atoms with E-state index in [-0.39, 0.29) is 0 Å². The van der Waals surface area contributed by atoms with E-state index in [1.807, 2.05) is 13.1 Å². The molecule has 0 fully saturated rings. The van der Waals surface area contributed by atoms with Crippen LogP contribution in [0.2, 0.25) is 0 Å². The molecule has 0 saturated carbocycles. The molecule has 0 amide bonds. The van der Waals surface area contributed by atoms with Gasteiger partial charge < -0.3 is 15.1 Å². The highest BCUT2D eigenvalue weighted by molar-refractivity contribution is 5.79. The number of rotatable bonds is 8. The van der Waals surface area contributed by atoms with E-state index in [0.29, 0.717) is 0 Å². The molecule has 0 bridgehead atoms. The standard InChI is InChI=1S/C13H28N4/c1-6-7-8-12-17(5)13(14-2)15-10-9-11-16(3)4/h6H,1,7-12H2,2-5H3,(H,14,15). The van der Waals surface area contributed by atoms with E-state index in [9.17, 15) is 0 Å². The lowest BCUT2D eigenvalue weighted by Crippen LogP contribution is -2.40. The van der Waals surface area contributed by atoms with E-state index >= 15 is 0 Å². The summed E-state index contributed by atoms with van der Waals surface area (Å²) in [5, 5.41) is 3.37. The number of nitrogens with zero attached hydrogens (tertiary/aromatic N) is 3. The summed E-state index contributed by atoms with van der Waals surface area (Å²) in [6.45, 7) is 6.81. The average Bonchev–Trinajstić information content (AvgIpc) is 2.29. The van der Waals surface area contributed by atoms with Crippen LogP contribution in [0, 0.1) is 0 Å². The first-order valence-corrected chi connectivity index (χ1v) is 6.29. The molecular weight excluding hydrogens is 212 g/mol. The van der Waals surface area contributed by atoms with Crippen molar-refractivity contribution in [2.75, 3.05) is 47.8 Å². The summed E-state index contributed by atoms with van der Waals surface area (Å²) in [6, 6.07) is 0. The Bertz CT molecular complexity index is 223. The lowest BCUT2D eigenvalue weighted by atomic mass is 10.3. The maximum atomic E-state index is 4.28. The highest BCUT2D eigenvalue weighted by Gasteiger charge is 2.03. The van der Waals surface area contributed by atoms with Crippen LogP contribution in [0.5, 0.6) is 0 Å². The predicted molar refractivity (Wildman–Crippen MR) is 76.6 cm³/mol. The zero-order valence-corrected chi connectivity index (χ0v) is 11.9. The molecular formula is C13H28N4. The molecule has 0 aromatic carbocycles. The number of hydrogen-bond donors (Lipinski definition) is 1. The Morgan fingerprint density at radius 1 is 1.24 bits per heavy atom. The maximum Gasteiger partial charge on any atom is 0.193 e. The van der Waals surface area contributed by atoms with Crippen molar-refractivity contribution in [3.63, 3.8) is 0 Å². The van der Waals surface area contributed by atoms with Crippen molar-refractivity contribution in [2.45, 2.75) is 19.3 Å². The van der Waals surface area contributed by atoms with Crippen molar-refractivity contribution < 1.29 is 0 Å². The Morgan fingerprint density at radius 2 is 1.94 bits per heavy atom. The van der Waals surface area contributed by atoms with Gasteiger partial charge in [-0.05, 0) is 39.9 Å². The Hall–Kier alpha value is -1.03. The molecule has 0 atom stereocenters. The van der Waals surface area contributed by atoms with Gasteiger partial charge in [-0.3, -0.25) is 4.99 Å². The highest BCUT2D eigenvalue weighted by Crippen LogP contribution is 1.94. The monoisotopic (exact) mass is 240 g/mol. The van der Waals surface area contributed by atoms with Crippen LogP contribution in [0.4, 0.5) is 0 Å². The fraction of sp³-hybridized carbons (Fsp3) is 0.769. The Morgan fingerprint density at radius 3 is 2.47 bits per heavy atom. The summed E-state index contributed by atoms with van der Waals surface area (Å²) in [4.78, 5) is 8.63. The minimum Gasteiger partial charge on any atom is -0.356 e. The van der Waals surface area contributed by atoms with Gasteiger partial charge in [0.1, 0.15) is 0 Å². The second kappa shape index (κ2) is 10.1. The number of unbranched alkanes of at least 4 members (excludes halogenated alkanes) is 1. The van der Waals surface area contributed by atoms with Crippen molar-refractivity contribution >= 4 is 5.96 Å². The van der Waals surface area contributed by atoms with E-state index in [1.54, 1.807) is 0 Å². The van der Waals surface area contributed by atoms with Gasteiger partial charge in [-0.2, -0.15) is 0 Å². The van der Waals surface area contributed by atoms with Crippen LogP contribution < -0.4 is 5.32 Å². The molecule has 1 N–H and O–H groups in total. The van der Waals surface area contributed by atoms with Gasteiger partial charge >= 0.3 is 0 Å². The second-order valence-electron chi connectivity index (χ2n) is 4.48. The fourth-order valence-electron chi connectivity index (χ4n) is 1.56. The molecule has 0 rings (SSSR count). The molecule has 4 nitrogen and oxygen atoms in total. The molecule has 0 aromatic rings. The van der Waals surface area contributed by atoms with Gasteiger partial charge in [-0.1, -0.05) is 6.08 Å². The summed E-state index contributed by atoms with van der Waals surface area (Å²) in [7, 11) is 8.09. The fourth-order valence-corrected chi connectivity index (χ4v) is 1.56. The SMILES string of the molecule is C=CCCCN(C)C(=NC)NCCCN(C)C. The highest BCUT2D eigenvalue weighted by atomic mass is 15.3. The van der Waals surface area contributed by atoms with Crippen LogP contribution in [0.15, 0.2) is 17.6 Å². The molecule has 100 valence electrons. The predicted octanol–water partition coefficient (Wildman–Crippen LogP) is 1.41. The first-order chi connectivity index (χ1) is 8.11. The van der Waals surface area contributed by atoms with Crippen molar-refractivity contribution in [2.24, 2.45) is 4.99 Å². The molecule has 0 spiro atoms. The molecule has 0 aliphatic heterocycles. The zero-order chi connectivity index (χ0) is 13.1. The molecule has 17 heavy (non-hydrogen) atoms. The average molecular weight is 240 g/mol. The van der Waals surface area contributed by atoms with E-state index < -0.39 is 0 Å². The van der Waals surface area contributed by atoms with Crippen molar-refractivity contribution in [3.8, 4) is 0 Å². The molecule has 0 unspecified atom stereocenters. The quantitative estimate of drug-likeness (QED) is 0.301. The zero-order valence-electron chi connectivity index (χ0n) is 11.9. The summed E-state index contributed by atoms with van der Waals surface area (Å²) in [6.07, 6.45) is 5.27. The van der Waals surface area contributed by atoms with Gasteiger partial charge in [-0.25, -0.2) is 0 Å². The van der Waals surface area contributed by atoms with Gasteiger partial charge in [0.25, 0.3) is 0 Å². The van der Waals surface area contributed by atoms with Gasteiger partial charge in [0.05, 0.1) is 0 Å².